The zero-order valence-electron chi connectivity index (χ0n) is 14.8. The summed E-state index contributed by atoms with van der Waals surface area (Å²) in [4.78, 5) is 37.5. The molecule has 2 aromatic carbocycles. The number of amides is 3. The van der Waals surface area contributed by atoms with Gasteiger partial charge in [0.25, 0.3) is 5.91 Å². The minimum absolute atomic E-state index is 0.0156. The lowest BCUT2D eigenvalue weighted by atomic mass is 10.1. The van der Waals surface area contributed by atoms with Crippen LogP contribution in [-0.2, 0) is 16.1 Å². The highest BCUT2D eigenvalue weighted by molar-refractivity contribution is 6.40. The highest BCUT2D eigenvalue weighted by atomic mass is 19.1. The quantitative estimate of drug-likeness (QED) is 0.823. The molecule has 7 heteroatoms. The molecule has 0 aliphatic heterocycles. The van der Waals surface area contributed by atoms with Crippen LogP contribution in [0.25, 0.3) is 0 Å². The Hall–Kier alpha value is -3.22. The molecule has 0 aromatic heterocycles. The molecule has 0 fully saturated rings. The van der Waals surface area contributed by atoms with E-state index in [9.17, 15) is 18.8 Å². The van der Waals surface area contributed by atoms with Gasteiger partial charge in [-0.05, 0) is 36.2 Å². The van der Waals surface area contributed by atoms with Gasteiger partial charge in [-0.1, -0.05) is 24.3 Å². The first kappa shape index (κ1) is 19.1. The number of halogens is 1. The number of anilines is 1. The Labute approximate surface area is 151 Å². The summed E-state index contributed by atoms with van der Waals surface area (Å²) in [6, 6.07) is 11.0. The highest BCUT2D eigenvalue weighted by Crippen LogP contribution is 2.16. The lowest BCUT2D eigenvalue weighted by Gasteiger charge is -2.14. The minimum atomic E-state index is -0.906. The molecule has 0 heterocycles. The van der Waals surface area contributed by atoms with Crippen molar-refractivity contribution in [3.05, 3.63) is 65.0 Å². The fraction of sp³-hybridized carbons (Fsp3) is 0.211. The van der Waals surface area contributed by atoms with E-state index in [0.29, 0.717) is 11.1 Å². The molecule has 0 spiro atoms. The molecule has 136 valence electrons. The number of rotatable bonds is 4. The van der Waals surface area contributed by atoms with Crippen molar-refractivity contribution in [2.75, 3.05) is 19.4 Å². The number of carbonyl (C=O) groups excluding carboxylic acids is 3. The van der Waals surface area contributed by atoms with Crippen molar-refractivity contribution < 1.29 is 18.8 Å². The van der Waals surface area contributed by atoms with Crippen molar-refractivity contribution in [1.29, 1.82) is 0 Å². The Morgan fingerprint density at radius 2 is 1.73 bits per heavy atom. The zero-order chi connectivity index (χ0) is 19.3. The van der Waals surface area contributed by atoms with Crippen LogP contribution in [0.2, 0.25) is 0 Å². The number of para-hydroxylation sites is 1. The van der Waals surface area contributed by atoms with Gasteiger partial charge in [-0.3, -0.25) is 14.4 Å². The molecule has 0 saturated carbocycles. The second kappa shape index (κ2) is 8.24. The minimum Gasteiger partial charge on any atom is -0.345 e. The molecule has 6 nitrogen and oxygen atoms in total. The number of nitrogens with one attached hydrogen (secondary N) is 2. The van der Waals surface area contributed by atoms with Gasteiger partial charge >= 0.3 is 11.8 Å². The van der Waals surface area contributed by atoms with Crippen molar-refractivity contribution in [3.8, 4) is 0 Å². The number of aryl methyl sites for hydroxylation is 1. The summed E-state index contributed by atoms with van der Waals surface area (Å²) < 4.78 is 13.5. The van der Waals surface area contributed by atoms with E-state index >= 15 is 0 Å². The molecule has 2 N–H and O–H groups in total. The van der Waals surface area contributed by atoms with Gasteiger partial charge < -0.3 is 15.5 Å². The van der Waals surface area contributed by atoms with Crippen molar-refractivity contribution >= 4 is 23.4 Å². The molecule has 0 saturated heterocycles. The number of carbonyl (C=O) groups is 3. The van der Waals surface area contributed by atoms with Gasteiger partial charge in [0.05, 0.1) is 11.3 Å². The molecular weight excluding hydrogens is 337 g/mol. The van der Waals surface area contributed by atoms with Crippen LogP contribution in [-0.4, -0.2) is 36.7 Å². The fourth-order valence-corrected chi connectivity index (χ4v) is 2.21. The molecule has 0 aliphatic carbocycles. The van der Waals surface area contributed by atoms with Gasteiger partial charge in [0.2, 0.25) is 0 Å². The summed E-state index contributed by atoms with van der Waals surface area (Å²) in [7, 11) is 3.18. The third-order valence-electron chi connectivity index (χ3n) is 3.71. The Morgan fingerprint density at radius 3 is 2.38 bits per heavy atom. The highest BCUT2D eigenvalue weighted by Gasteiger charge is 2.18. The van der Waals surface area contributed by atoms with Gasteiger partial charge in [-0.15, -0.1) is 0 Å². The van der Waals surface area contributed by atoms with Crippen LogP contribution in [0.15, 0.2) is 42.5 Å². The van der Waals surface area contributed by atoms with Crippen LogP contribution < -0.4 is 10.6 Å². The summed E-state index contributed by atoms with van der Waals surface area (Å²) >= 11 is 0. The molecule has 0 atom stereocenters. The van der Waals surface area contributed by atoms with Gasteiger partial charge in [-0.25, -0.2) is 4.39 Å². The normalized spacial score (nSPS) is 10.2. The van der Waals surface area contributed by atoms with E-state index in [1.807, 2.05) is 0 Å². The summed E-state index contributed by atoms with van der Waals surface area (Å²) in [5.41, 5.74) is 1.56. The number of benzene rings is 2. The molecule has 0 aliphatic rings. The van der Waals surface area contributed by atoms with Crippen molar-refractivity contribution in [3.63, 3.8) is 0 Å². The van der Waals surface area contributed by atoms with Gasteiger partial charge in [0.15, 0.2) is 0 Å². The second-order valence-electron chi connectivity index (χ2n) is 5.97. The first-order valence-corrected chi connectivity index (χ1v) is 7.94. The van der Waals surface area contributed by atoms with Gasteiger partial charge in [0.1, 0.15) is 5.82 Å². The average molecular weight is 357 g/mol. The molecular formula is C19H20FN3O3. The Balaban J connectivity index is 2.02. The molecule has 2 aromatic rings. The smallest absolute Gasteiger partial charge is 0.313 e. The van der Waals surface area contributed by atoms with Crippen LogP contribution in [0, 0.1) is 12.7 Å². The van der Waals surface area contributed by atoms with Crippen LogP contribution in [0.3, 0.4) is 0 Å². The summed E-state index contributed by atoms with van der Waals surface area (Å²) in [5, 5.41) is 4.85. The SMILES string of the molecule is Cc1ccc(CNC(=O)C(=O)Nc2ccccc2C(=O)N(C)C)cc1F. The fourth-order valence-electron chi connectivity index (χ4n) is 2.21. The molecule has 0 radical (unpaired) electrons. The van der Waals surface area contributed by atoms with E-state index in [1.54, 1.807) is 51.4 Å². The van der Waals surface area contributed by atoms with E-state index in [4.69, 9.17) is 0 Å². The molecule has 0 unspecified atom stereocenters. The predicted octanol–water partition coefficient (Wildman–Crippen LogP) is 2.09. The van der Waals surface area contributed by atoms with Gasteiger partial charge in [0, 0.05) is 20.6 Å². The average Bonchev–Trinajstić information content (AvgIpc) is 2.62. The van der Waals surface area contributed by atoms with Crippen LogP contribution >= 0.6 is 0 Å². The van der Waals surface area contributed by atoms with Crippen molar-refractivity contribution in [2.24, 2.45) is 0 Å². The first-order valence-electron chi connectivity index (χ1n) is 7.94. The number of hydrogen-bond acceptors (Lipinski definition) is 3. The molecule has 0 bridgehead atoms. The lowest BCUT2D eigenvalue weighted by Crippen LogP contribution is -2.35. The third-order valence-corrected chi connectivity index (χ3v) is 3.71. The van der Waals surface area contributed by atoms with E-state index in [0.717, 1.165) is 0 Å². The molecule has 2 rings (SSSR count). The maximum Gasteiger partial charge on any atom is 0.313 e. The van der Waals surface area contributed by atoms with E-state index in [-0.39, 0.29) is 29.5 Å². The van der Waals surface area contributed by atoms with Crippen LogP contribution in [0.1, 0.15) is 21.5 Å². The number of nitrogens with zero attached hydrogens (tertiary/aromatic N) is 1. The second-order valence-corrected chi connectivity index (χ2v) is 5.97. The largest absolute Gasteiger partial charge is 0.345 e. The lowest BCUT2D eigenvalue weighted by molar-refractivity contribution is -0.136. The standard InChI is InChI=1S/C19H20FN3O3/c1-12-8-9-13(10-15(12)20)11-21-17(24)18(25)22-16-7-5-4-6-14(16)19(26)23(2)3/h4-10H,11H2,1-3H3,(H,21,24)(H,22,25). The maximum atomic E-state index is 13.5. The Kier molecular flexibility index (Phi) is 6.06. The Morgan fingerprint density at radius 1 is 1.04 bits per heavy atom. The zero-order valence-corrected chi connectivity index (χ0v) is 14.8. The Bertz CT molecular complexity index is 850. The van der Waals surface area contributed by atoms with E-state index < -0.39 is 11.8 Å². The van der Waals surface area contributed by atoms with Gasteiger partial charge in [-0.2, -0.15) is 0 Å². The topological polar surface area (TPSA) is 78.5 Å². The molecule has 26 heavy (non-hydrogen) atoms. The summed E-state index contributed by atoms with van der Waals surface area (Å²) in [5.74, 6) is -2.46. The monoisotopic (exact) mass is 357 g/mol. The van der Waals surface area contributed by atoms with E-state index in [1.165, 1.54) is 17.0 Å². The first-order chi connectivity index (χ1) is 12.3. The van der Waals surface area contributed by atoms with Crippen LogP contribution in [0.4, 0.5) is 10.1 Å². The summed E-state index contributed by atoms with van der Waals surface area (Å²) in [6.07, 6.45) is 0. The van der Waals surface area contributed by atoms with E-state index in [2.05, 4.69) is 10.6 Å². The maximum absolute atomic E-state index is 13.5. The van der Waals surface area contributed by atoms with Crippen molar-refractivity contribution in [1.82, 2.24) is 10.2 Å². The number of hydrogen-bond donors (Lipinski definition) is 2. The van der Waals surface area contributed by atoms with Crippen molar-refractivity contribution in [2.45, 2.75) is 13.5 Å². The van der Waals surface area contributed by atoms with Crippen LogP contribution in [0.5, 0.6) is 0 Å². The summed E-state index contributed by atoms with van der Waals surface area (Å²) in [6.45, 7) is 1.65. The molecule has 3 amide bonds. The third kappa shape index (κ3) is 4.66. The predicted molar refractivity (Wildman–Crippen MR) is 96.1 cm³/mol.